The number of phenolic OH excluding ortho intramolecular Hbond substituents is 4. The van der Waals surface area contributed by atoms with Crippen LogP contribution in [0, 0.1) is 0 Å². The van der Waals surface area contributed by atoms with Crippen LogP contribution in [0.4, 0.5) is 0 Å². The largest absolute Gasteiger partial charge is 0.507 e. The van der Waals surface area contributed by atoms with Crippen LogP contribution in [0.2, 0.25) is 0 Å². The summed E-state index contributed by atoms with van der Waals surface area (Å²) in [7, 11) is 3.42. The molecule has 0 radical (unpaired) electrons. The fourth-order valence-corrected chi connectivity index (χ4v) is 10.7. The van der Waals surface area contributed by atoms with Crippen molar-refractivity contribution < 1.29 is 20.4 Å². The smallest absolute Gasteiger partial charge is 0.123 e. The van der Waals surface area contributed by atoms with Gasteiger partial charge in [-0.05, 0) is 101 Å². The van der Waals surface area contributed by atoms with E-state index in [0.29, 0.717) is 23.0 Å². The first-order chi connectivity index (χ1) is 29.0. The molecule has 0 atom stereocenters. The first-order valence-corrected chi connectivity index (χ1v) is 26.7. The van der Waals surface area contributed by atoms with Crippen LogP contribution in [0.3, 0.4) is 0 Å². The van der Waals surface area contributed by atoms with Gasteiger partial charge in [-0.15, -0.1) is 0 Å². The van der Waals surface area contributed by atoms with Crippen molar-refractivity contribution in [1.82, 2.24) is 0 Å². The predicted octanol–water partition coefficient (Wildman–Crippen LogP) is 17.8. The first-order valence-electron chi connectivity index (χ1n) is 23.4. The quantitative estimate of drug-likeness (QED) is 0.137. The van der Waals surface area contributed by atoms with Crippen LogP contribution in [-0.2, 0) is 54.8 Å². The van der Waals surface area contributed by atoms with E-state index in [9.17, 15) is 20.4 Å². The molecule has 0 unspecified atom stereocenters. The molecule has 7 heteroatoms. The van der Waals surface area contributed by atoms with Gasteiger partial charge in [-0.25, -0.2) is 0 Å². The molecule has 0 aliphatic heterocycles. The van der Waals surface area contributed by atoms with Crippen molar-refractivity contribution >= 4 is 33.3 Å². The summed E-state index contributed by atoms with van der Waals surface area (Å²) in [5.41, 5.74) is 9.38. The SMILES string of the molecule is CC(C)(C)c1cc(CSCc2cc(C(C)(C)C)c(O)c(C(C)(C)C)c2)cc(C(C)(C)C)c1O.CC(C)(C)c1cc(SSc2cc(C(C)(C)C)c(O)c(C(C)(C)C)c2)cc(C(C)(C)C)c1O. The number of aromatic hydroxyl groups is 4. The van der Waals surface area contributed by atoms with Gasteiger partial charge in [0.2, 0.25) is 0 Å². The lowest BCUT2D eigenvalue weighted by Crippen LogP contribution is -2.18. The number of benzene rings is 4. The van der Waals surface area contributed by atoms with E-state index >= 15 is 0 Å². The number of hydrogen-bond acceptors (Lipinski definition) is 7. The van der Waals surface area contributed by atoms with Gasteiger partial charge in [0.1, 0.15) is 23.0 Å². The van der Waals surface area contributed by atoms with Gasteiger partial charge in [0, 0.05) is 43.6 Å². The summed E-state index contributed by atoms with van der Waals surface area (Å²) in [6.07, 6.45) is 0. The Morgan fingerprint density at radius 2 is 0.431 bits per heavy atom. The van der Waals surface area contributed by atoms with Crippen molar-refractivity contribution in [2.24, 2.45) is 0 Å². The van der Waals surface area contributed by atoms with Crippen LogP contribution < -0.4 is 0 Å². The molecular weight excluding hydrogens is 857 g/mol. The Morgan fingerprint density at radius 3 is 0.585 bits per heavy atom. The van der Waals surface area contributed by atoms with E-state index in [1.165, 1.54) is 11.1 Å². The summed E-state index contributed by atoms with van der Waals surface area (Å²) in [6.45, 7) is 51.6. The lowest BCUT2D eigenvalue weighted by atomic mass is 9.78. The molecule has 4 rings (SSSR count). The van der Waals surface area contributed by atoms with Crippen molar-refractivity contribution in [2.45, 2.75) is 231 Å². The molecule has 362 valence electrons. The molecule has 0 amide bonds. The van der Waals surface area contributed by atoms with E-state index in [-0.39, 0.29) is 43.3 Å². The molecule has 65 heavy (non-hydrogen) atoms. The van der Waals surface area contributed by atoms with Gasteiger partial charge in [-0.1, -0.05) is 212 Å². The Balaban J connectivity index is 0.000000345. The molecule has 4 aromatic rings. The zero-order valence-electron chi connectivity index (χ0n) is 45.0. The van der Waals surface area contributed by atoms with Crippen molar-refractivity contribution in [3.05, 3.63) is 104 Å². The first kappa shape index (κ1) is 56.5. The molecule has 0 aliphatic rings. The predicted molar refractivity (Wildman–Crippen MR) is 289 cm³/mol. The van der Waals surface area contributed by atoms with E-state index in [1.54, 1.807) is 21.6 Å². The molecule has 4 N–H and O–H groups in total. The maximum absolute atomic E-state index is 11.0. The van der Waals surface area contributed by atoms with Crippen LogP contribution >= 0.6 is 33.3 Å². The summed E-state index contributed by atoms with van der Waals surface area (Å²) < 4.78 is 0. The van der Waals surface area contributed by atoms with Gasteiger partial charge in [-0.2, -0.15) is 11.8 Å². The molecule has 4 aromatic carbocycles. The standard InChI is InChI=1S/C30H46O2S.C28H42O2S2/c1-27(2,3)21-13-19(14-22(25(21)31)28(4,5)6)17-33-18-20-15-23(29(7,8)9)26(32)24(16-20)30(10,11)12;1-25(2,3)19-13-17(14-20(23(19)29)26(4,5)6)31-32-18-15-21(27(7,8)9)24(30)22(16-18)28(10,11)12/h13-16,31-32H,17-18H2,1-12H3;13-16,29-30H,1-12H3. The zero-order valence-corrected chi connectivity index (χ0v) is 47.5. The topological polar surface area (TPSA) is 80.9 Å². The van der Waals surface area contributed by atoms with E-state index in [2.05, 4.69) is 215 Å². The summed E-state index contributed by atoms with van der Waals surface area (Å²) in [4.78, 5) is 2.26. The fourth-order valence-electron chi connectivity index (χ4n) is 7.82. The van der Waals surface area contributed by atoms with Crippen molar-refractivity contribution in [2.75, 3.05) is 0 Å². The number of phenols is 4. The Labute approximate surface area is 409 Å². The Bertz CT molecular complexity index is 1990. The van der Waals surface area contributed by atoms with Crippen molar-refractivity contribution in [3.8, 4) is 23.0 Å². The number of thioether (sulfide) groups is 1. The molecule has 0 fully saturated rings. The number of rotatable bonds is 7. The molecule has 0 aliphatic carbocycles. The second-order valence-corrected chi connectivity index (χ2v) is 29.7. The maximum atomic E-state index is 11.0. The van der Waals surface area contributed by atoms with Crippen LogP contribution in [0.15, 0.2) is 58.3 Å². The molecule has 4 nitrogen and oxygen atoms in total. The lowest BCUT2D eigenvalue weighted by molar-refractivity contribution is 0.421. The third-order valence-corrected chi connectivity index (χ3v) is 15.2. The van der Waals surface area contributed by atoms with Crippen LogP contribution in [0.1, 0.15) is 222 Å². The summed E-state index contributed by atoms with van der Waals surface area (Å²) in [5, 5.41) is 44.0. The monoisotopic (exact) mass is 945 g/mol. The second-order valence-electron chi connectivity index (χ2n) is 26.5. The Hall–Kier alpha value is -2.87. The normalized spacial score (nSPS) is 13.5. The average molecular weight is 946 g/mol. The average Bonchev–Trinajstić information content (AvgIpc) is 3.09. The summed E-state index contributed by atoms with van der Waals surface area (Å²) >= 11 is 1.89. The highest BCUT2D eigenvalue weighted by Gasteiger charge is 2.31. The zero-order chi connectivity index (χ0) is 50.4. The van der Waals surface area contributed by atoms with Crippen molar-refractivity contribution in [1.29, 1.82) is 0 Å². The van der Waals surface area contributed by atoms with Gasteiger partial charge in [0.05, 0.1) is 0 Å². The molecule has 0 saturated heterocycles. The second kappa shape index (κ2) is 19.6. The molecule has 0 bridgehead atoms. The minimum absolute atomic E-state index is 0.120. The van der Waals surface area contributed by atoms with Crippen LogP contribution in [-0.4, -0.2) is 20.4 Å². The molecular formula is C58H88O4S3. The molecule has 0 heterocycles. The highest BCUT2D eigenvalue weighted by molar-refractivity contribution is 8.76. The third-order valence-electron chi connectivity index (χ3n) is 11.7. The Kier molecular flexibility index (Phi) is 17.0. The maximum Gasteiger partial charge on any atom is 0.123 e. The fraction of sp³-hybridized carbons (Fsp3) is 0.586. The minimum atomic E-state index is -0.150. The molecule has 0 saturated carbocycles. The van der Waals surface area contributed by atoms with Gasteiger partial charge in [-0.3, -0.25) is 0 Å². The van der Waals surface area contributed by atoms with E-state index in [1.807, 2.05) is 11.8 Å². The summed E-state index contributed by atoms with van der Waals surface area (Å²) in [6, 6.07) is 17.2. The lowest BCUT2D eigenvalue weighted by Gasteiger charge is -2.28. The highest BCUT2D eigenvalue weighted by atomic mass is 33.1. The van der Waals surface area contributed by atoms with E-state index in [4.69, 9.17) is 0 Å². The van der Waals surface area contributed by atoms with Gasteiger partial charge in [0.15, 0.2) is 0 Å². The van der Waals surface area contributed by atoms with Crippen LogP contribution in [0.5, 0.6) is 23.0 Å². The van der Waals surface area contributed by atoms with E-state index in [0.717, 1.165) is 65.8 Å². The van der Waals surface area contributed by atoms with Gasteiger partial charge >= 0.3 is 0 Å². The Morgan fingerprint density at radius 1 is 0.277 bits per heavy atom. The van der Waals surface area contributed by atoms with Crippen molar-refractivity contribution in [3.63, 3.8) is 0 Å². The van der Waals surface area contributed by atoms with Crippen LogP contribution in [0.25, 0.3) is 0 Å². The highest BCUT2D eigenvalue weighted by Crippen LogP contribution is 2.49. The van der Waals surface area contributed by atoms with Gasteiger partial charge < -0.3 is 20.4 Å². The number of hydrogen-bond donors (Lipinski definition) is 4. The summed E-state index contributed by atoms with van der Waals surface area (Å²) in [5.74, 6) is 3.45. The third kappa shape index (κ3) is 14.8. The van der Waals surface area contributed by atoms with Gasteiger partial charge in [0.25, 0.3) is 0 Å². The van der Waals surface area contributed by atoms with E-state index < -0.39 is 0 Å². The minimum Gasteiger partial charge on any atom is -0.507 e. The molecule has 0 spiro atoms. The molecule has 0 aromatic heterocycles.